The predicted octanol–water partition coefficient (Wildman–Crippen LogP) is 6.39. The number of anilines is 1. The van der Waals surface area contributed by atoms with Crippen LogP contribution in [0.15, 0.2) is 66.8 Å². The minimum atomic E-state index is -1.02. The number of ether oxygens (including phenoxy) is 3. The first-order chi connectivity index (χ1) is 20.3. The maximum atomic E-state index is 13.6. The second-order valence-electron chi connectivity index (χ2n) is 9.55. The Labute approximate surface area is 249 Å². The van der Waals surface area contributed by atoms with E-state index in [9.17, 15) is 19.5 Å². The Morgan fingerprint density at radius 3 is 2.55 bits per heavy atom. The van der Waals surface area contributed by atoms with Gasteiger partial charge in [-0.2, -0.15) is 0 Å². The summed E-state index contributed by atoms with van der Waals surface area (Å²) in [5, 5.41) is 11.6. The van der Waals surface area contributed by atoms with Crippen LogP contribution >= 0.6 is 11.3 Å². The van der Waals surface area contributed by atoms with Gasteiger partial charge in [0.15, 0.2) is 5.13 Å². The zero-order valence-electron chi connectivity index (χ0n) is 23.9. The third kappa shape index (κ3) is 6.54. The summed E-state index contributed by atoms with van der Waals surface area (Å²) >= 11 is 0.941. The number of nitrogens with zero attached hydrogens (tertiary/aromatic N) is 2. The molecular formula is C32H34N2O7S. The number of amides is 1. The third-order valence-corrected chi connectivity index (χ3v) is 7.72. The molecule has 1 amide bonds. The van der Waals surface area contributed by atoms with Crippen LogP contribution in [-0.2, 0) is 14.3 Å². The van der Waals surface area contributed by atoms with Crippen molar-refractivity contribution < 1.29 is 33.7 Å². The summed E-state index contributed by atoms with van der Waals surface area (Å²) in [4.78, 5) is 45.6. The highest BCUT2D eigenvalue weighted by atomic mass is 32.1. The summed E-state index contributed by atoms with van der Waals surface area (Å²) in [5.41, 5.74) is 1.13. The minimum Gasteiger partial charge on any atom is -0.507 e. The zero-order chi connectivity index (χ0) is 30.2. The Kier molecular flexibility index (Phi) is 10.1. The second-order valence-corrected chi connectivity index (χ2v) is 10.5. The zero-order valence-corrected chi connectivity index (χ0v) is 24.7. The number of esters is 1. The van der Waals surface area contributed by atoms with E-state index in [1.54, 1.807) is 55.5 Å². The number of aliphatic hydroxyl groups is 1. The summed E-state index contributed by atoms with van der Waals surface area (Å²) in [6, 6.07) is 12.7. The Morgan fingerprint density at radius 1 is 1.10 bits per heavy atom. The van der Waals surface area contributed by atoms with Gasteiger partial charge in [-0.3, -0.25) is 14.5 Å². The van der Waals surface area contributed by atoms with Crippen LogP contribution < -0.4 is 14.4 Å². The van der Waals surface area contributed by atoms with E-state index in [0.29, 0.717) is 41.5 Å². The minimum absolute atomic E-state index is 0.0176. The number of aliphatic hydroxyl groups excluding tert-OH is 1. The molecule has 1 aliphatic heterocycles. The molecule has 1 fully saturated rings. The van der Waals surface area contributed by atoms with Crippen molar-refractivity contribution in [2.75, 3.05) is 24.7 Å². The van der Waals surface area contributed by atoms with Gasteiger partial charge in [0.1, 0.15) is 28.7 Å². The average molecular weight is 591 g/mol. The van der Waals surface area contributed by atoms with Gasteiger partial charge in [-0.1, -0.05) is 68.0 Å². The lowest BCUT2D eigenvalue weighted by molar-refractivity contribution is -0.132. The molecule has 1 aliphatic rings. The number of ketones is 1. The fourth-order valence-corrected chi connectivity index (χ4v) is 5.55. The lowest BCUT2D eigenvalue weighted by atomic mass is 9.95. The fourth-order valence-electron chi connectivity index (χ4n) is 4.56. The molecule has 1 aromatic heterocycles. The van der Waals surface area contributed by atoms with Crippen LogP contribution in [0, 0.1) is 6.92 Å². The highest BCUT2D eigenvalue weighted by Gasteiger charge is 2.48. The van der Waals surface area contributed by atoms with Crippen LogP contribution in [-0.4, -0.2) is 47.6 Å². The smallest absolute Gasteiger partial charge is 0.350 e. The van der Waals surface area contributed by atoms with Crippen molar-refractivity contribution in [2.24, 2.45) is 0 Å². The Balaban J connectivity index is 1.80. The SMILES string of the molecule is C=CCOC(=O)c1sc(N2C(=O)C(=O)C(=C(O)c3cccc(OCC)c3)C2c2ccc(OCCCCC)cc2)nc1C. The first kappa shape index (κ1) is 30.5. The topological polar surface area (TPSA) is 115 Å². The van der Waals surface area contributed by atoms with E-state index in [4.69, 9.17) is 14.2 Å². The maximum Gasteiger partial charge on any atom is 0.350 e. The number of rotatable bonds is 13. The van der Waals surface area contributed by atoms with E-state index in [0.717, 1.165) is 30.6 Å². The van der Waals surface area contributed by atoms with Gasteiger partial charge < -0.3 is 19.3 Å². The molecule has 220 valence electrons. The van der Waals surface area contributed by atoms with Crippen molar-refractivity contribution >= 4 is 39.9 Å². The number of Topliss-reactive ketones (excluding diaryl/α,β-unsaturated/α-hetero) is 1. The number of hydrogen-bond donors (Lipinski definition) is 1. The molecule has 1 N–H and O–H groups in total. The molecule has 42 heavy (non-hydrogen) atoms. The van der Waals surface area contributed by atoms with Crippen molar-refractivity contribution in [3.8, 4) is 11.5 Å². The molecule has 9 nitrogen and oxygen atoms in total. The van der Waals surface area contributed by atoms with E-state index in [1.165, 1.54) is 11.0 Å². The molecule has 0 saturated carbocycles. The molecule has 1 saturated heterocycles. The van der Waals surface area contributed by atoms with Crippen molar-refractivity contribution in [1.29, 1.82) is 0 Å². The van der Waals surface area contributed by atoms with Gasteiger partial charge in [0.25, 0.3) is 5.78 Å². The molecule has 2 aromatic carbocycles. The largest absolute Gasteiger partial charge is 0.507 e. The van der Waals surface area contributed by atoms with Crippen LogP contribution in [0.2, 0.25) is 0 Å². The highest BCUT2D eigenvalue weighted by Crippen LogP contribution is 2.44. The van der Waals surface area contributed by atoms with Crippen LogP contribution in [0.3, 0.4) is 0 Å². The van der Waals surface area contributed by atoms with Crippen LogP contribution in [0.4, 0.5) is 5.13 Å². The molecular weight excluding hydrogens is 556 g/mol. The highest BCUT2D eigenvalue weighted by molar-refractivity contribution is 7.17. The van der Waals surface area contributed by atoms with Gasteiger partial charge in [-0.25, -0.2) is 9.78 Å². The number of carbonyl (C=O) groups is 3. The van der Waals surface area contributed by atoms with Gasteiger partial charge >= 0.3 is 11.9 Å². The van der Waals surface area contributed by atoms with Crippen LogP contribution in [0.5, 0.6) is 11.5 Å². The van der Waals surface area contributed by atoms with Gasteiger partial charge in [-0.15, -0.1) is 0 Å². The quantitative estimate of drug-likeness (QED) is 0.0608. The lowest BCUT2D eigenvalue weighted by Gasteiger charge is -2.23. The number of aryl methyl sites for hydroxylation is 1. The molecule has 1 unspecified atom stereocenters. The molecule has 2 heterocycles. The standard InChI is InChI=1S/C32H34N2O7S/c1-5-8-9-18-40-23-15-13-21(14-16-23)26-25(27(35)22-11-10-12-24(19-22)39-7-3)28(36)30(37)34(26)32-33-20(4)29(42-32)31(38)41-17-6-2/h6,10-16,19,26,35H,2,5,7-9,17-18H2,1,3-4H3. The van der Waals surface area contributed by atoms with Crippen LogP contribution in [0.1, 0.15) is 65.6 Å². The van der Waals surface area contributed by atoms with E-state index in [-0.39, 0.29) is 27.9 Å². The maximum absolute atomic E-state index is 13.6. The molecule has 10 heteroatoms. The van der Waals surface area contributed by atoms with Crippen molar-refractivity contribution in [1.82, 2.24) is 4.98 Å². The van der Waals surface area contributed by atoms with Crippen molar-refractivity contribution in [3.63, 3.8) is 0 Å². The lowest BCUT2D eigenvalue weighted by Crippen LogP contribution is -2.29. The third-order valence-electron chi connectivity index (χ3n) is 6.58. The predicted molar refractivity (Wildman–Crippen MR) is 161 cm³/mol. The Morgan fingerprint density at radius 2 is 1.86 bits per heavy atom. The number of thiazole rings is 1. The molecule has 0 radical (unpaired) electrons. The fraction of sp³-hybridized carbons (Fsp3) is 0.312. The van der Waals surface area contributed by atoms with Crippen molar-refractivity contribution in [2.45, 2.75) is 46.1 Å². The number of carbonyl (C=O) groups excluding carboxylic acids is 3. The van der Waals surface area contributed by atoms with Crippen LogP contribution in [0.25, 0.3) is 5.76 Å². The van der Waals surface area contributed by atoms with E-state index in [2.05, 4.69) is 18.5 Å². The Hall–Kier alpha value is -4.44. The first-order valence-corrected chi connectivity index (χ1v) is 14.6. The summed E-state index contributed by atoms with van der Waals surface area (Å²) in [5.74, 6) is -1.54. The summed E-state index contributed by atoms with van der Waals surface area (Å²) in [6.45, 7) is 10.1. The van der Waals surface area contributed by atoms with E-state index >= 15 is 0 Å². The van der Waals surface area contributed by atoms with E-state index in [1.807, 2.05) is 6.92 Å². The van der Waals surface area contributed by atoms with Gasteiger partial charge in [0.05, 0.1) is 30.5 Å². The normalized spacial score (nSPS) is 16.0. The van der Waals surface area contributed by atoms with Gasteiger partial charge in [0.2, 0.25) is 0 Å². The van der Waals surface area contributed by atoms with Gasteiger partial charge in [0, 0.05) is 5.56 Å². The molecule has 0 spiro atoms. The van der Waals surface area contributed by atoms with E-state index < -0.39 is 23.7 Å². The Bertz CT molecular complexity index is 1490. The second kappa shape index (κ2) is 14.0. The molecule has 0 bridgehead atoms. The number of benzene rings is 2. The van der Waals surface area contributed by atoms with Crippen molar-refractivity contribution in [3.05, 3.63) is 88.5 Å². The average Bonchev–Trinajstić information content (AvgIpc) is 3.50. The molecule has 3 aromatic rings. The number of hydrogen-bond acceptors (Lipinski definition) is 9. The first-order valence-electron chi connectivity index (χ1n) is 13.8. The molecule has 0 aliphatic carbocycles. The monoisotopic (exact) mass is 590 g/mol. The summed E-state index contributed by atoms with van der Waals surface area (Å²) < 4.78 is 16.6. The molecule has 1 atom stereocenters. The number of unbranched alkanes of at least 4 members (excludes halogenated alkanes) is 2. The van der Waals surface area contributed by atoms with Gasteiger partial charge in [-0.05, 0) is 50.1 Å². The molecule has 4 rings (SSSR count). The summed E-state index contributed by atoms with van der Waals surface area (Å²) in [6.07, 6.45) is 4.52. The summed E-state index contributed by atoms with van der Waals surface area (Å²) in [7, 11) is 0. The number of aromatic nitrogens is 1.